The van der Waals surface area contributed by atoms with Gasteiger partial charge in [0.15, 0.2) is 17.6 Å². The number of fused-ring (bicyclic) bond motifs is 4. The van der Waals surface area contributed by atoms with Gasteiger partial charge in [-0.25, -0.2) is 0 Å². The summed E-state index contributed by atoms with van der Waals surface area (Å²) in [7, 11) is 0. The number of carbonyl (C=O) groups excluding carboxylic acids is 4. The predicted octanol–water partition coefficient (Wildman–Crippen LogP) is -2.19. The Morgan fingerprint density at radius 1 is 0.758 bits per heavy atom. The molecule has 18 heteroatoms. The summed E-state index contributed by atoms with van der Waals surface area (Å²) in [5.41, 5.74) is 3.88. The van der Waals surface area contributed by atoms with Crippen LogP contribution in [0.3, 0.4) is 0 Å². The van der Waals surface area contributed by atoms with Gasteiger partial charge in [0.25, 0.3) is 0 Å². The number of para-hydroxylation sites is 1. The van der Waals surface area contributed by atoms with Crippen molar-refractivity contribution in [3.05, 3.63) is 58.8 Å². The molecule has 3 N–H and O–H groups in total. The number of unbranched alkanes of at least 4 members (excludes halogenated alkanes) is 3. The molecule has 4 atom stereocenters. The Hall–Kier alpha value is -3.91. The van der Waals surface area contributed by atoms with Gasteiger partial charge in [-0.2, -0.15) is 0 Å². The van der Waals surface area contributed by atoms with Crippen LogP contribution in [-0.4, -0.2) is 199 Å². The second-order valence-corrected chi connectivity index (χ2v) is 19.4. The van der Waals surface area contributed by atoms with Crippen molar-refractivity contribution >= 4 is 60.6 Å². The molecule has 3 aliphatic carbocycles. The minimum absolute atomic E-state index is 0. The molecule has 3 aliphatic heterocycles. The van der Waals surface area contributed by atoms with Crippen LogP contribution >= 0.6 is 0 Å². The zero-order valence-electron chi connectivity index (χ0n) is 37.8. The van der Waals surface area contributed by atoms with E-state index in [1.165, 1.54) is 18.4 Å². The predicted molar refractivity (Wildman–Crippen MR) is 238 cm³/mol. The van der Waals surface area contributed by atoms with Gasteiger partial charge < -0.3 is 54.5 Å². The van der Waals surface area contributed by atoms with E-state index in [0.29, 0.717) is 37.7 Å². The number of hydrogen-bond donors (Lipinski definition) is 3. The third kappa shape index (κ3) is 9.70. The smallest absolute Gasteiger partial charge is 0.549 e. The van der Waals surface area contributed by atoms with Crippen molar-refractivity contribution in [1.82, 2.24) is 34.4 Å². The fourth-order valence-corrected chi connectivity index (χ4v) is 12.0. The molecule has 1 aromatic heterocycles. The third-order valence-electron chi connectivity index (χ3n) is 15.3. The SMILES string of the molecule is O=C([O-])CN1CCN(CC(=O)[O-])CCN(CC(=O)NCCCCCCn2c3c(c4ccccc42)C[C@@]2(O)[C@@H]4Cc5ccc(O)c6c5[C@@]2(CCN4CC2CC2)[C@H]3O6)CCN(CC(=O)[O-])CC1.[111In+3]. The third-order valence-corrected chi connectivity index (χ3v) is 15.3. The number of ether oxygens (including phenoxy) is 1. The van der Waals surface area contributed by atoms with Crippen molar-refractivity contribution in [3.8, 4) is 11.5 Å². The number of rotatable bonds is 17. The van der Waals surface area contributed by atoms with E-state index < -0.39 is 35.0 Å². The number of benzene rings is 2. The van der Waals surface area contributed by atoms with Crippen molar-refractivity contribution in [3.63, 3.8) is 0 Å². The minimum Gasteiger partial charge on any atom is -0.549 e. The minimum atomic E-state index is -1.28. The number of phenolic OH excluding ortho intramolecular Hbond substituents is 1. The van der Waals surface area contributed by atoms with E-state index in [1.54, 1.807) is 20.8 Å². The van der Waals surface area contributed by atoms with Crippen molar-refractivity contribution in [2.45, 2.75) is 87.5 Å². The van der Waals surface area contributed by atoms with Gasteiger partial charge in [-0.1, -0.05) is 37.1 Å². The largest absolute Gasteiger partial charge is 3.00 e. The van der Waals surface area contributed by atoms with Gasteiger partial charge in [0.05, 0.1) is 41.2 Å². The average molecular weight is 1010 g/mol. The summed E-state index contributed by atoms with van der Waals surface area (Å²) >= 11 is 0. The van der Waals surface area contributed by atoms with Gasteiger partial charge in [0, 0.05) is 121 Å². The zero-order valence-corrected chi connectivity index (χ0v) is 41.1. The number of amides is 1. The molecule has 1 amide bonds. The van der Waals surface area contributed by atoms with E-state index in [9.17, 15) is 44.7 Å². The average Bonchev–Trinajstić information content (AvgIpc) is 3.93. The van der Waals surface area contributed by atoms with E-state index in [-0.39, 0.29) is 109 Å². The second kappa shape index (κ2) is 20.4. The van der Waals surface area contributed by atoms with Crippen LogP contribution in [0.5, 0.6) is 11.5 Å². The number of phenols is 1. The first-order valence-corrected chi connectivity index (χ1v) is 23.7. The summed E-state index contributed by atoms with van der Waals surface area (Å²) < 4.78 is 9.37. The molecule has 2 bridgehead atoms. The van der Waals surface area contributed by atoms with Crippen molar-refractivity contribution in [2.24, 2.45) is 5.92 Å². The summed E-state index contributed by atoms with van der Waals surface area (Å²) in [6.07, 6.45) is 7.61. The Labute approximate surface area is 404 Å². The standard InChI is InChI=1S/C48H65N7O10.In/c56-37-12-11-33-25-38-48(64)26-35-34-7-3-4-8-36(34)55(44(35)46-47(48,43(33)45(37)65-46)13-16-54(38)27-32-9-10-32)15-6-2-1-5-14-49-39(57)28-50-17-19-51(29-40(58)59)21-23-53(31-42(62)63)24-22-52(20-18-50)30-41(60)61;/h3-4,7-8,11-12,32,38,46,56,64H,1-2,5-6,9-10,13-31H2,(H,49,57)(H,58,59)(H,60,61)(H,62,63);/q;+3/p-3/t38-,46-,47-,48+;/m0./s1/i;1-4. The van der Waals surface area contributed by atoms with Crippen molar-refractivity contribution < 1.29 is 49.4 Å². The van der Waals surface area contributed by atoms with Crippen LogP contribution in [0.1, 0.15) is 73.4 Å². The second-order valence-electron chi connectivity index (χ2n) is 19.4. The number of carboxylic acids is 3. The van der Waals surface area contributed by atoms with Gasteiger partial charge in [-0.15, -0.1) is 0 Å². The van der Waals surface area contributed by atoms with Crippen LogP contribution in [0.2, 0.25) is 0 Å². The Bertz CT molecular complexity index is 2260. The van der Waals surface area contributed by atoms with Gasteiger partial charge >= 0.3 is 25.8 Å². The molecular formula is C48H62InN7O10. The fourth-order valence-electron chi connectivity index (χ4n) is 12.0. The fraction of sp³-hybridized carbons (Fsp3) is 0.625. The molecule has 66 heavy (non-hydrogen) atoms. The molecule has 352 valence electrons. The zero-order chi connectivity index (χ0) is 45.5. The van der Waals surface area contributed by atoms with E-state index in [1.807, 2.05) is 11.0 Å². The van der Waals surface area contributed by atoms with Crippen molar-refractivity contribution in [1.29, 1.82) is 0 Å². The number of nitrogens with zero attached hydrogens (tertiary/aromatic N) is 6. The molecular weight excluding hydrogens is 945 g/mol. The first-order valence-electron chi connectivity index (χ1n) is 23.7. The maximum absolute atomic E-state index is 13.3. The molecule has 2 saturated heterocycles. The van der Waals surface area contributed by atoms with E-state index >= 15 is 0 Å². The number of likely N-dealkylation sites (tertiary alicyclic amines) is 1. The molecule has 2 aromatic carbocycles. The molecule has 6 aliphatic rings. The van der Waals surface area contributed by atoms with Gasteiger partial charge in [0.2, 0.25) is 5.91 Å². The number of hydrogen-bond acceptors (Lipinski definition) is 15. The van der Waals surface area contributed by atoms with Crippen LogP contribution in [0.25, 0.3) is 10.9 Å². The Balaban J connectivity index is 0.00000592. The quantitative estimate of drug-likeness (QED) is 0.122. The topological polar surface area (TPSA) is 220 Å². The number of carboxylic acid groups (broad SMARTS) is 3. The number of carbonyl (C=O) groups is 4. The molecule has 1 saturated carbocycles. The van der Waals surface area contributed by atoms with E-state index in [0.717, 1.165) is 85.9 Å². The number of piperidine rings is 1. The molecule has 3 fully saturated rings. The summed E-state index contributed by atoms with van der Waals surface area (Å²) in [6, 6.07) is 12.2. The number of aryl methyl sites for hydroxylation is 1. The first kappa shape index (κ1) is 48.5. The number of aliphatic hydroxyl groups is 1. The number of nitrogens with one attached hydrogen (secondary N) is 1. The maximum atomic E-state index is 13.3. The number of aromatic hydroxyl groups is 1. The van der Waals surface area contributed by atoms with Crippen LogP contribution < -0.4 is 25.4 Å². The summed E-state index contributed by atoms with van der Waals surface area (Å²) in [5, 5.41) is 63.2. The Morgan fingerprint density at radius 3 is 1.95 bits per heavy atom. The van der Waals surface area contributed by atoms with Crippen LogP contribution in [0, 0.1) is 5.92 Å². The van der Waals surface area contributed by atoms with Gasteiger partial charge in [-0.3, -0.25) is 29.3 Å². The number of aromatic nitrogens is 1. The Kier molecular flexibility index (Phi) is 15.0. The van der Waals surface area contributed by atoms with Gasteiger partial charge in [-0.05, 0) is 74.2 Å². The molecule has 1 spiro atoms. The van der Waals surface area contributed by atoms with E-state index in [4.69, 9.17) is 4.74 Å². The number of aliphatic carboxylic acids is 3. The molecule has 3 aromatic rings. The van der Waals surface area contributed by atoms with Crippen LogP contribution in [0.15, 0.2) is 36.4 Å². The molecule has 17 nitrogen and oxygen atoms in total. The summed E-state index contributed by atoms with van der Waals surface area (Å²) in [4.78, 5) is 57.0. The first-order chi connectivity index (χ1) is 31.3. The molecule has 0 unspecified atom stereocenters. The van der Waals surface area contributed by atoms with Crippen molar-refractivity contribution in [2.75, 3.05) is 98.2 Å². The summed E-state index contributed by atoms with van der Waals surface area (Å²) in [5.74, 6) is -2.62. The normalized spacial score (nSPS) is 26.0. The maximum Gasteiger partial charge on any atom is 3.00 e. The molecule has 9 rings (SSSR count). The van der Waals surface area contributed by atoms with Gasteiger partial charge in [0.1, 0.15) is 0 Å². The molecule has 4 heterocycles. The molecule has 0 radical (unpaired) electrons. The summed E-state index contributed by atoms with van der Waals surface area (Å²) in [6.45, 7) is 4.29. The Morgan fingerprint density at radius 2 is 1.35 bits per heavy atom. The van der Waals surface area contributed by atoms with Crippen LogP contribution in [0.4, 0.5) is 0 Å². The monoisotopic (exact) mass is 1010 g/mol. The van der Waals surface area contributed by atoms with Crippen LogP contribution in [-0.2, 0) is 44.0 Å². The van der Waals surface area contributed by atoms with E-state index in [2.05, 4.69) is 39.0 Å².